The van der Waals surface area contributed by atoms with Crippen molar-refractivity contribution in [1.82, 2.24) is 10.6 Å². The SMILES string of the molecule is COCC(NC(=O)CNC(=O)CC12CC3CC(CC(C3)C1)C2)C(=O)O. The summed E-state index contributed by atoms with van der Waals surface area (Å²) in [5.74, 6) is 0.585. The van der Waals surface area contributed by atoms with E-state index in [9.17, 15) is 14.4 Å². The van der Waals surface area contributed by atoms with Crippen molar-refractivity contribution in [2.75, 3.05) is 20.3 Å². The summed E-state index contributed by atoms with van der Waals surface area (Å²) in [7, 11) is 1.37. The maximum Gasteiger partial charge on any atom is 0.328 e. The van der Waals surface area contributed by atoms with Crippen LogP contribution in [-0.4, -0.2) is 49.2 Å². The first-order chi connectivity index (χ1) is 11.9. The second-order valence-electron chi connectivity index (χ2n) is 8.28. The van der Waals surface area contributed by atoms with Crippen molar-refractivity contribution >= 4 is 17.8 Å². The van der Waals surface area contributed by atoms with Gasteiger partial charge in [-0.1, -0.05) is 0 Å². The molecule has 4 fully saturated rings. The fourth-order valence-electron chi connectivity index (χ4n) is 5.68. The minimum absolute atomic E-state index is 0.101. The van der Waals surface area contributed by atoms with Gasteiger partial charge in [-0.05, 0) is 61.7 Å². The molecule has 1 atom stereocenters. The third-order valence-electron chi connectivity index (χ3n) is 6.11. The number of hydrogen-bond donors (Lipinski definition) is 3. The van der Waals surface area contributed by atoms with Gasteiger partial charge in [-0.15, -0.1) is 0 Å². The molecule has 0 heterocycles. The Bertz CT molecular complexity index is 512. The second-order valence-corrected chi connectivity index (χ2v) is 8.28. The fraction of sp³-hybridized carbons (Fsp3) is 0.833. The highest BCUT2D eigenvalue weighted by atomic mass is 16.5. The zero-order valence-corrected chi connectivity index (χ0v) is 14.8. The molecule has 0 spiro atoms. The number of carbonyl (C=O) groups excluding carboxylic acids is 2. The predicted molar refractivity (Wildman–Crippen MR) is 89.7 cm³/mol. The van der Waals surface area contributed by atoms with Gasteiger partial charge in [0.25, 0.3) is 0 Å². The third kappa shape index (κ3) is 4.32. The molecule has 4 saturated carbocycles. The van der Waals surface area contributed by atoms with Crippen molar-refractivity contribution in [3.05, 3.63) is 0 Å². The van der Waals surface area contributed by atoms with Gasteiger partial charge in [0.2, 0.25) is 11.8 Å². The van der Waals surface area contributed by atoms with Gasteiger partial charge >= 0.3 is 5.97 Å². The van der Waals surface area contributed by atoms with Gasteiger partial charge in [0.05, 0.1) is 13.2 Å². The van der Waals surface area contributed by atoms with E-state index < -0.39 is 17.9 Å². The molecule has 4 aliphatic carbocycles. The number of rotatable bonds is 8. The van der Waals surface area contributed by atoms with E-state index in [2.05, 4.69) is 10.6 Å². The van der Waals surface area contributed by atoms with Gasteiger partial charge in [-0.3, -0.25) is 9.59 Å². The van der Waals surface area contributed by atoms with Crippen LogP contribution in [0.2, 0.25) is 0 Å². The monoisotopic (exact) mass is 352 g/mol. The zero-order valence-electron chi connectivity index (χ0n) is 14.8. The summed E-state index contributed by atoms with van der Waals surface area (Å²) in [5, 5.41) is 14.0. The lowest BCUT2D eigenvalue weighted by Gasteiger charge is -2.56. The first kappa shape index (κ1) is 18.2. The lowest BCUT2D eigenvalue weighted by molar-refractivity contribution is -0.143. The van der Waals surface area contributed by atoms with Crippen LogP contribution in [0.15, 0.2) is 0 Å². The molecule has 4 bridgehead atoms. The molecule has 1 unspecified atom stereocenters. The summed E-state index contributed by atoms with van der Waals surface area (Å²) >= 11 is 0. The van der Waals surface area contributed by atoms with Gasteiger partial charge in [-0.25, -0.2) is 4.79 Å². The number of hydrogen-bond acceptors (Lipinski definition) is 4. The second kappa shape index (κ2) is 7.32. The van der Waals surface area contributed by atoms with Gasteiger partial charge in [0.15, 0.2) is 6.04 Å². The molecule has 0 aromatic carbocycles. The van der Waals surface area contributed by atoms with Crippen LogP contribution in [0.5, 0.6) is 0 Å². The van der Waals surface area contributed by atoms with E-state index in [-0.39, 0.29) is 24.5 Å². The van der Waals surface area contributed by atoms with Gasteiger partial charge in [-0.2, -0.15) is 0 Å². The smallest absolute Gasteiger partial charge is 0.328 e. The third-order valence-corrected chi connectivity index (χ3v) is 6.11. The summed E-state index contributed by atoms with van der Waals surface area (Å²) < 4.78 is 4.77. The maximum atomic E-state index is 12.3. The average Bonchev–Trinajstić information content (AvgIpc) is 2.50. The van der Waals surface area contributed by atoms with E-state index in [1.807, 2.05) is 0 Å². The molecule has 25 heavy (non-hydrogen) atoms. The number of amides is 2. The van der Waals surface area contributed by atoms with E-state index in [1.54, 1.807) is 0 Å². The molecule has 3 N–H and O–H groups in total. The lowest BCUT2D eigenvalue weighted by Crippen LogP contribution is -2.50. The van der Waals surface area contributed by atoms with Gasteiger partial charge in [0, 0.05) is 13.5 Å². The standard InChI is InChI=1S/C18H28N2O5/c1-25-10-14(17(23)24)20-16(22)9-19-15(21)8-18-5-11-2-12(6-18)4-13(3-11)7-18/h11-14H,2-10H2,1H3,(H,19,21)(H,20,22)(H,23,24). The topological polar surface area (TPSA) is 105 Å². The van der Waals surface area contributed by atoms with E-state index >= 15 is 0 Å². The van der Waals surface area contributed by atoms with Gasteiger partial charge in [0.1, 0.15) is 0 Å². The van der Waals surface area contributed by atoms with Gasteiger partial charge < -0.3 is 20.5 Å². The Morgan fingerprint density at radius 3 is 2.12 bits per heavy atom. The molecule has 0 aromatic heterocycles. The number of carbonyl (C=O) groups is 3. The Kier molecular flexibility index (Phi) is 5.32. The van der Waals surface area contributed by atoms with Crippen LogP contribution in [0, 0.1) is 23.2 Å². The molecule has 2 amide bonds. The van der Waals surface area contributed by atoms with Crippen LogP contribution in [0.4, 0.5) is 0 Å². The van der Waals surface area contributed by atoms with E-state index in [0.29, 0.717) is 6.42 Å². The molecule has 0 aliphatic heterocycles. The van der Waals surface area contributed by atoms with Crippen molar-refractivity contribution in [2.45, 2.75) is 51.0 Å². The summed E-state index contributed by atoms with van der Waals surface area (Å²) in [6.07, 6.45) is 7.93. The Morgan fingerprint density at radius 2 is 1.64 bits per heavy atom. The summed E-state index contributed by atoms with van der Waals surface area (Å²) in [5.41, 5.74) is 0.134. The summed E-state index contributed by atoms with van der Waals surface area (Å²) in [6, 6.07) is -1.10. The number of carboxylic acids is 1. The van der Waals surface area contributed by atoms with Crippen LogP contribution in [0.1, 0.15) is 44.9 Å². The van der Waals surface area contributed by atoms with E-state index in [1.165, 1.54) is 26.4 Å². The molecule has 0 aromatic rings. The fourth-order valence-corrected chi connectivity index (χ4v) is 5.68. The average molecular weight is 352 g/mol. The van der Waals surface area contributed by atoms with Crippen molar-refractivity contribution in [3.8, 4) is 0 Å². The molecule has 7 nitrogen and oxygen atoms in total. The molecule has 0 saturated heterocycles. The number of aliphatic carboxylic acids is 1. The summed E-state index contributed by atoms with van der Waals surface area (Å²) in [6.45, 7) is -0.305. The lowest BCUT2D eigenvalue weighted by atomic mass is 9.49. The molecular weight excluding hydrogens is 324 g/mol. The maximum absolute atomic E-state index is 12.3. The largest absolute Gasteiger partial charge is 0.480 e. The molecule has 7 heteroatoms. The minimum atomic E-state index is -1.16. The number of carboxylic acid groups (broad SMARTS) is 1. The highest BCUT2D eigenvalue weighted by Crippen LogP contribution is 2.61. The van der Waals surface area contributed by atoms with Crippen molar-refractivity contribution < 1.29 is 24.2 Å². The number of ether oxygens (including phenoxy) is 1. The quantitative estimate of drug-likeness (QED) is 0.603. The predicted octanol–water partition coefficient (Wildman–Crippen LogP) is 0.925. The molecule has 140 valence electrons. The van der Waals surface area contributed by atoms with E-state index in [0.717, 1.165) is 37.0 Å². The van der Waals surface area contributed by atoms with Crippen molar-refractivity contribution in [1.29, 1.82) is 0 Å². The van der Waals surface area contributed by atoms with Crippen molar-refractivity contribution in [3.63, 3.8) is 0 Å². The molecule has 4 aliphatic rings. The number of nitrogens with one attached hydrogen (secondary N) is 2. The Labute approximate surface area is 147 Å². The zero-order chi connectivity index (χ0) is 18.0. The van der Waals surface area contributed by atoms with E-state index in [4.69, 9.17) is 9.84 Å². The Balaban J connectivity index is 1.45. The minimum Gasteiger partial charge on any atom is -0.480 e. The Morgan fingerprint density at radius 1 is 1.08 bits per heavy atom. The van der Waals surface area contributed by atoms with Crippen LogP contribution in [-0.2, 0) is 19.1 Å². The Hall–Kier alpha value is -1.63. The molecular formula is C18H28N2O5. The normalized spacial score (nSPS) is 33.7. The first-order valence-corrected chi connectivity index (χ1v) is 9.17. The van der Waals surface area contributed by atoms with Crippen LogP contribution >= 0.6 is 0 Å². The highest BCUT2D eigenvalue weighted by Gasteiger charge is 2.51. The first-order valence-electron chi connectivity index (χ1n) is 9.17. The van der Waals surface area contributed by atoms with Crippen molar-refractivity contribution in [2.24, 2.45) is 23.2 Å². The summed E-state index contributed by atoms with van der Waals surface area (Å²) in [4.78, 5) is 35.2. The highest BCUT2D eigenvalue weighted by molar-refractivity contribution is 5.88. The van der Waals surface area contributed by atoms with Crippen LogP contribution in [0.3, 0.4) is 0 Å². The number of methoxy groups -OCH3 is 1. The van der Waals surface area contributed by atoms with Crippen LogP contribution in [0.25, 0.3) is 0 Å². The molecule has 0 radical (unpaired) electrons. The molecule has 4 rings (SSSR count). The van der Waals surface area contributed by atoms with Crippen LogP contribution < -0.4 is 10.6 Å².